The maximum Gasteiger partial charge on any atom is 0.335 e. The van der Waals surface area contributed by atoms with Gasteiger partial charge in [-0.1, -0.05) is 29.8 Å². The number of aromatic nitrogens is 2. The van der Waals surface area contributed by atoms with E-state index in [2.05, 4.69) is 4.98 Å². The van der Waals surface area contributed by atoms with E-state index in [0.717, 1.165) is 16.7 Å². The number of fused-ring (bicyclic) bond motifs is 2. The fourth-order valence-electron chi connectivity index (χ4n) is 4.12. The third kappa shape index (κ3) is 4.50. The average Bonchev–Trinajstić information content (AvgIpc) is 3.26. The second kappa shape index (κ2) is 9.27. The molecule has 176 valence electrons. The zero-order valence-corrected chi connectivity index (χ0v) is 19.6. The number of rotatable bonds is 6. The van der Waals surface area contributed by atoms with Gasteiger partial charge in [0.05, 0.1) is 23.6 Å². The van der Waals surface area contributed by atoms with E-state index in [9.17, 15) is 14.7 Å². The van der Waals surface area contributed by atoms with Crippen molar-refractivity contribution in [2.45, 2.75) is 19.6 Å². The molecule has 0 bridgehead atoms. The Bertz CT molecular complexity index is 1540. The minimum Gasteiger partial charge on any atom is -0.493 e. The van der Waals surface area contributed by atoms with Crippen molar-refractivity contribution in [3.05, 3.63) is 98.6 Å². The molecule has 0 unspecified atom stereocenters. The van der Waals surface area contributed by atoms with Crippen LogP contribution in [0.4, 0.5) is 0 Å². The molecule has 3 aromatic carbocycles. The SMILES string of the molecule is COc1cc(/C=C2\CCn3c2nc2cc(C(=O)O)ccc2c3=O)ccc1OCc1ccc(Cl)cc1. The van der Waals surface area contributed by atoms with E-state index in [1.165, 1.54) is 18.2 Å². The quantitative estimate of drug-likeness (QED) is 0.397. The highest BCUT2D eigenvalue weighted by Gasteiger charge is 2.21. The number of hydrogen-bond donors (Lipinski definition) is 1. The number of methoxy groups -OCH3 is 1. The summed E-state index contributed by atoms with van der Waals surface area (Å²) < 4.78 is 13.1. The van der Waals surface area contributed by atoms with Gasteiger partial charge in [0.1, 0.15) is 12.4 Å². The second-order valence-corrected chi connectivity index (χ2v) is 8.61. The molecule has 4 aromatic rings. The molecule has 7 nitrogen and oxygen atoms in total. The second-order valence-electron chi connectivity index (χ2n) is 8.17. The zero-order valence-electron chi connectivity index (χ0n) is 18.8. The fraction of sp³-hybridized carbons (Fsp3) is 0.148. The third-order valence-electron chi connectivity index (χ3n) is 5.93. The highest BCUT2D eigenvalue weighted by molar-refractivity contribution is 6.30. The largest absolute Gasteiger partial charge is 0.493 e. The van der Waals surface area contributed by atoms with Gasteiger partial charge in [-0.3, -0.25) is 9.36 Å². The highest BCUT2D eigenvalue weighted by atomic mass is 35.5. The van der Waals surface area contributed by atoms with E-state index < -0.39 is 5.97 Å². The van der Waals surface area contributed by atoms with Gasteiger partial charge in [0.2, 0.25) is 0 Å². The molecule has 8 heteroatoms. The number of halogens is 1. The summed E-state index contributed by atoms with van der Waals surface area (Å²) in [6, 6.07) is 17.5. The van der Waals surface area contributed by atoms with Gasteiger partial charge < -0.3 is 14.6 Å². The van der Waals surface area contributed by atoms with Gasteiger partial charge in [-0.05, 0) is 71.7 Å². The molecule has 1 aromatic heterocycles. The van der Waals surface area contributed by atoms with Crippen LogP contribution >= 0.6 is 11.6 Å². The number of benzene rings is 3. The van der Waals surface area contributed by atoms with E-state index in [1.807, 2.05) is 48.5 Å². The van der Waals surface area contributed by atoms with Crippen molar-refractivity contribution in [2.75, 3.05) is 7.11 Å². The molecule has 0 saturated carbocycles. The topological polar surface area (TPSA) is 90.7 Å². The Kier molecular flexibility index (Phi) is 6.01. The van der Waals surface area contributed by atoms with Crippen LogP contribution in [0.3, 0.4) is 0 Å². The van der Waals surface area contributed by atoms with Crippen LogP contribution in [-0.4, -0.2) is 27.7 Å². The molecule has 1 aliphatic heterocycles. The molecule has 0 spiro atoms. The van der Waals surface area contributed by atoms with Gasteiger partial charge in [0.25, 0.3) is 5.56 Å². The number of carboxylic acids is 1. The Morgan fingerprint density at radius 3 is 2.66 bits per heavy atom. The molecule has 1 aliphatic rings. The predicted molar refractivity (Wildman–Crippen MR) is 134 cm³/mol. The van der Waals surface area contributed by atoms with Crippen LogP contribution in [0.25, 0.3) is 22.6 Å². The van der Waals surface area contributed by atoms with Gasteiger partial charge in [0.15, 0.2) is 11.5 Å². The lowest BCUT2D eigenvalue weighted by molar-refractivity contribution is 0.0697. The Morgan fingerprint density at radius 1 is 1.11 bits per heavy atom. The number of carboxylic acid groups (broad SMARTS) is 1. The summed E-state index contributed by atoms with van der Waals surface area (Å²) in [5.41, 5.74) is 3.04. The van der Waals surface area contributed by atoms with E-state index in [4.69, 9.17) is 21.1 Å². The molecule has 0 fully saturated rings. The minimum absolute atomic E-state index is 0.0943. The van der Waals surface area contributed by atoms with Crippen LogP contribution in [0.1, 0.15) is 33.7 Å². The van der Waals surface area contributed by atoms with Gasteiger partial charge in [-0.2, -0.15) is 0 Å². The van der Waals surface area contributed by atoms with Crippen molar-refractivity contribution in [1.29, 1.82) is 0 Å². The van der Waals surface area contributed by atoms with Crippen LogP contribution < -0.4 is 15.0 Å². The van der Waals surface area contributed by atoms with E-state index in [1.54, 1.807) is 11.7 Å². The lowest BCUT2D eigenvalue weighted by Crippen LogP contribution is -2.21. The van der Waals surface area contributed by atoms with Crippen molar-refractivity contribution in [1.82, 2.24) is 9.55 Å². The lowest BCUT2D eigenvalue weighted by Gasteiger charge is -2.12. The zero-order chi connectivity index (χ0) is 24.5. The first kappa shape index (κ1) is 22.7. The van der Waals surface area contributed by atoms with Gasteiger partial charge in [0, 0.05) is 11.6 Å². The molecule has 0 saturated heterocycles. The van der Waals surface area contributed by atoms with Crippen LogP contribution in [0.5, 0.6) is 11.5 Å². The minimum atomic E-state index is -1.06. The number of hydrogen-bond acceptors (Lipinski definition) is 5. The maximum absolute atomic E-state index is 13.0. The van der Waals surface area contributed by atoms with Gasteiger partial charge in [-0.15, -0.1) is 0 Å². The first-order chi connectivity index (χ1) is 16.9. The lowest BCUT2D eigenvalue weighted by atomic mass is 10.1. The van der Waals surface area contributed by atoms with Crippen molar-refractivity contribution in [3.8, 4) is 11.5 Å². The molecule has 2 heterocycles. The van der Waals surface area contributed by atoms with Crippen molar-refractivity contribution >= 4 is 40.1 Å². The van der Waals surface area contributed by atoms with E-state index in [-0.39, 0.29) is 11.1 Å². The highest BCUT2D eigenvalue weighted by Crippen LogP contribution is 2.32. The monoisotopic (exact) mass is 488 g/mol. The molecule has 0 amide bonds. The first-order valence-electron chi connectivity index (χ1n) is 11.0. The Morgan fingerprint density at radius 2 is 1.91 bits per heavy atom. The predicted octanol–water partition coefficient (Wildman–Crippen LogP) is 5.28. The molecule has 0 atom stereocenters. The summed E-state index contributed by atoms with van der Waals surface area (Å²) >= 11 is 5.94. The molecule has 0 radical (unpaired) electrons. The summed E-state index contributed by atoms with van der Waals surface area (Å²) in [7, 11) is 1.58. The van der Waals surface area contributed by atoms with Gasteiger partial charge >= 0.3 is 5.97 Å². The molecule has 0 aliphatic carbocycles. The molecule has 1 N–H and O–H groups in total. The third-order valence-corrected chi connectivity index (χ3v) is 6.18. The Hall–Kier alpha value is -4.10. The smallest absolute Gasteiger partial charge is 0.335 e. The van der Waals surface area contributed by atoms with Crippen LogP contribution in [0.15, 0.2) is 65.5 Å². The molecular formula is C27H21ClN2O5. The standard InChI is InChI=1S/C27H21ClN2O5/c1-34-24-13-17(4-9-23(24)35-15-16-2-6-20(28)7-3-16)12-18-10-11-30-25(18)29-22-14-19(27(32)33)5-8-21(22)26(30)31/h2-9,12-14H,10-11,15H2,1H3,(H,32,33)/b18-12+. The molecule has 35 heavy (non-hydrogen) atoms. The van der Waals surface area contributed by atoms with Crippen molar-refractivity contribution in [3.63, 3.8) is 0 Å². The van der Waals surface area contributed by atoms with E-state index >= 15 is 0 Å². The average molecular weight is 489 g/mol. The van der Waals surface area contributed by atoms with Crippen LogP contribution in [0.2, 0.25) is 5.02 Å². The summed E-state index contributed by atoms with van der Waals surface area (Å²) in [5.74, 6) is 0.682. The Balaban J connectivity index is 1.45. The Labute approximate surface area is 205 Å². The fourth-order valence-corrected chi connectivity index (χ4v) is 4.25. The number of ether oxygens (including phenoxy) is 2. The summed E-state index contributed by atoms with van der Waals surface area (Å²) in [6.45, 7) is 0.891. The first-order valence-corrected chi connectivity index (χ1v) is 11.3. The maximum atomic E-state index is 13.0. The van der Waals surface area contributed by atoms with Crippen LogP contribution in [-0.2, 0) is 13.2 Å². The number of aromatic carboxylic acids is 1. The van der Waals surface area contributed by atoms with E-state index in [0.29, 0.717) is 52.8 Å². The van der Waals surface area contributed by atoms with Crippen molar-refractivity contribution < 1.29 is 19.4 Å². The summed E-state index contributed by atoms with van der Waals surface area (Å²) in [4.78, 5) is 28.9. The number of nitrogens with zero attached hydrogens (tertiary/aromatic N) is 2. The number of carbonyl (C=O) groups is 1. The van der Waals surface area contributed by atoms with Crippen molar-refractivity contribution in [2.24, 2.45) is 0 Å². The number of allylic oxidation sites excluding steroid dienone is 1. The molecule has 5 rings (SSSR count). The summed E-state index contributed by atoms with van der Waals surface area (Å²) in [5, 5.41) is 10.4. The van der Waals surface area contributed by atoms with Gasteiger partial charge in [-0.25, -0.2) is 9.78 Å². The van der Waals surface area contributed by atoms with Crippen LogP contribution in [0, 0.1) is 0 Å². The normalized spacial score (nSPS) is 13.7. The summed E-state index contributed by atoms with van der Waals surface area (Å²) in [6.07, 6.45) is 2.60. The molecular weight excluding hydrogens is 468 g/mol.